The summed E-state index contributed by atoms with van der Waals surface area (Å²) < 4.78 is 0. The fourth-order valence-corrected chi connectivity index (χ4v) is 3.15. The number of rotatable bonds is 3. The summed E-state index contributed by atoms with van der Waals surface area (Å²) in [5.74, 6) is 0. The van der Waals surface area contributed by atoms with Crippen LogP contribution in [0.4, 0.5) is 0 Å². The molecule has 0 saturated carbocycles. The van der Waals surface area contributed by atoms with Crippen LogP contribution >= 0.6 is 39.1 Å². The molecule has 0 saturated heterocycles. The van der Waals surface area contributed by atoms with E-state index >= 15 is 0 Å². The number of pyridine rings is 1. The van der Waals surface area contributed by atoms with Gasteiger partial charge in [0.15, 0.2) is 0 Å². The molecule has 18 heavy (non-hydrogen) atoms. The summed E-state index contributed by atoms with van der Waals surface area (Å²) in [4.78, 5) is 4.21. The molecule has 94 valence electrons. The molecule has 2 rings (SSSR count). The van der Waals surface area contributed by atoms with Crippen molar-refractivity contribution in [3.8, 4) is 0 Å². The van der Waals surface area contributed by atoms with Crippen molar-refractivity contribution in [2.45, 2.75) is 18.2 Å². The van der Waals surface area contributed by atoms with Crippen LogP contribution in [0.25, 0.3) is 0 Å². The number of aromatic nitrogens is 1. The molecular formula is C14H12BrCl2N. The predicted molar refractivity (Wildman–Crippen MR) is 80.8 cm³/mol. The number of nitrogens with zero attached hydrogens (tertiary/aromatic N) is 1. The molecule has 0 radical (unpaired) electrons. The van der Waals surface area contributed by atoms with Crippen molar-refractivity contribution in [2.24, 2.45) is 0 Å². The Labute approximate surface area is 125 Å². The molecular weight excluding hydrogens is 333 g/mol. The molecule has 2 aromatic rings. The molecule has 0 aliphatic rings. The van der Waals surface area contributed by atoms with Gasteiger partial charge in [-0.05, 0) is 48.2 Å². The van der Waals surface area contributed by atoms with E-state index in [1.165, 1.54) is 11.1 Å². The average Bonchev–Trinajstić information content (AvgIpc) is 2.32. The smallest absolute Gasteiger partial charge is 0.0621 e. The van der Waals surface area contributed by atoms with E-state index in [0.29, 0.717) is 5.02 Å². The molecule has 0 N–H and O–H groups in total. The predicted octanol–water partition coefficient (Wildman–Crippen LogP) is 5.38. The summed E-state index contributed by atoms with van der Waals surface area (Å²) in [6.45, 7) is 2.06. The molecule has 0 aliphatic carbocycles. The van der Waals surface area contributed by atoms with Crippen LogP contribution in [0.3, 0.4) is 0 Å². The van der Waals surface area contributed by atoms with Crippen molar-refractivity contribution in [2.75, 3.05) is 0 Å². The van der Waals surface area contributed by atoms with Gasteiger partial charge < -0.3 is 0 Å². The number of aryl methyl sites for hydroxylation is 1. The van der Waals surface area contributed by atoms with Gasteiger partial charge in [0, 0.05) is 22.2 Å². The Balaban J connectivity index is 2.22. The van der Waals surface area contributed by atoms with E-state index in [-0.39, 0.29) is 4.83 Å². The van der Waals surface area contributed by atoms with Gasteiger partial charge >= 0.3 is 0 Å². The van der Waals surface area contributed by atoms with Gasteiger partial charge in [0.2, 0.25) is 0 Å². The highest BCUT2D eigenvalue weighted by Crippen LogP contribution is 2.32. The van der Waals surface area contributed by atoms with E-state index in [2.05, 4.69) is 27.8 Å². The van der Waals surface area contributed by atoms with Gasteiger partial charge in [0.05, 0.1) is 5.02 Å². The first-order valence-electron chi connectivity index (χ1n) is 5.56. The zero-order valence-corrected chi connectivity index (χ0v) is 12.9. The number of benzene rings is 1. The summed E-state index contributed by atoms with van der Waals surface area (Å²) >= 11 is 15.8. The zero-order chi connectivity index (χ0) is 13.1. The largest absolute Gasteiger partial charge is 0.263 e. The Morgan fingerprint density at radius 2 is 2.06 bits per heavy atom. The normalized spacial score (nSPS) is 12.4. The number of hydrogen-bond donors (Lipinski definition) is 0. The van der Waals surface area contributed by atoms with E-state index in [0.717, 1.165) is 17.0 Å². The van der Waals surface area contributed by atoms with Crippen molar-refractivity contribution in [3.63, 3.8) is 0 Å². The maximum Gasteiger partial charge on any atom is 0.0621 e. The fraction of sp³-hybridized carbons (Fsp3) is 0.214. The van der Waals surface area contributed by atoms with Crippen LogP contribution in [0.2, 0.25) is 10.0 Å². The minimum Gasteiger partial charge on any atom is -0.263 e. The molecule has 1 aromatic carbocycles. The third-order valence-corrected chi connectivity index (χ3v) is 4.22. The van der Waals surface area contributed by atoms with E-state index in [4.69, 9.17) is 23.2 Å². The first-order chi connectivity index (χ1) is 8.58. The highest BCUT2D eigenvalue weighted by Gasteiger charge is 2.13. The Hall–Kier alpha value is -0.570. The second-order valence-corrected chi connectivity index (χ2v) is 6.09. The van der Waals surface area contributed by atoms with Gasteiger partial charge in [-0.1, -0.05) is 45.2 Å². The van der Waals surface area contributed by atoms with E-state index in [1.54, 1.807) is 12.4 Å². The molecule has 1 aromatic heterocycles. The number of halogens is 3. The van der Waals surface area contributed by atoms with E-state index in [9.17, 15) is 0 Å². The lowest BCUT2D eigenvalue weighted by molar-refractivity contribution is 0.934. The lowest BCUT2D eigenvalue weighted by atomic mass is 10.0. The third-order valence-electron chi connectivity index (χ3n) is 2.82. The monoisotopic (exact) mass is 343 g/mol. The van der Waals surface area contributed by atoms with Crippen LogP contribution < -0.4 is 0 Å². The molecule has 0 fully saturated rings. The van der Waals surface area contributed by atoms with Crippen LogP contribution in [0.15, 0.2) is 36.7 Å². The number of alkyl halides is 1. The molecule has 0 bridgehead atoms. The van der Waals surface area contributed by atoms with E-state index in [1.807, 2.05) is 24.3 Å². The second-order valence-electron chi connectivity index (χ2n) is 4.14. The zero-order valence-electron chi connectivity index (χ0n) is 9.83. The van der Waals surface area contributed by atoms with Crippen molar-refractivity contribution >= 4 is 39.1 Å². The first kappa shape index (κ1) is 13.9. The van der Waals surface area contributed by atoms with Crippen LogP contribution in [0, 0.1) is 6.92 Å². The lowest BCUT2D eigenvalue weighted by Crippen LogP contribution is -1.99. The van der Waals surface area contributed by atoms with Gasteiger partial charge in [-0.15, -0.1) is 0 Å². The van der Waals surface area contributed by atoms with Crippen LogP contribution in [-0.4, -0.2) is 4.98 Å². The topological polar surface area (TPSA) is 12.9 Å². The van der Waals surface area contributed by atoms with Crippen molar-refractivity contribution < 1.29 is 0 Å². The second kappa shape index (κ2) is 6.05. The Morgan fingerprint density at radius 1 is 1.28 bits per heavy atom. The molecule has 0 aliphatic heterocycles. The summed E-state index contributed by atoms with van der Waals surface area (Å²) in [6, 6.07) is 7.87. The summed E-state index contributed by atoms with van der Waals surface area (Å²) in [6.07, 6.45) is 4.25. The van der Waals surface area contributed by atoms with Gasteiger partial charge in [-0.25, -0.2) is 0 Å². The Kier molecular flexibility index (Phi) is 4.66. The highest BCUT2D eigenvalue weighted by molar-refractivity contribution is 9.09. The van der Waals surface area contributed by atoms with Crippen molar-refractivity contribution in [1.82, 2.24) is 4.98 Å². The summed E-state index contributed by atoms with van der Waals surface area (Å²) in [5.41, 5.74) is 3.49. The molecule has 1 nitrogen and oxygen atoms in total. The van der Waals surface area contributed by atoms with E-state index < -0.39 is 0 Å². The van der Waals surface area contributed by atoms with Crippen LogP contribution in [-0.2, 0) is 6.42 Å². The maximum atomic E-state index is 6.12. The summed E-state index contributed by atoms with van der Waals surface area (Å²) in [5, 5.41) is 1.46. The highest BCUT2D eigenvalue weighted by atomic mass is 79.9. The molecule has 0 amide bonds. The molecule has 1 atom stereocenters. The third kappa shape index (κ3) is 3.25. The first-order valence-corrected chi connectivity index (χ1v) is 7.23. The standard InChI is InChI=1S/C14H12BrCl2N/c1-9-6-11(16)2-3-12(9)13(15)7-10-4-5-18-8-14(10)17/h2-6,8,13H,7H2,1H3. The molecule has 0 spiro atoms. The minimum absolute atomic E-state index is 0.217. The van der Waals surface area contributed by atoms with Crippen molar-refractivity contribution in [3.05, 3.63) is 63.4 Å². The molecule has 1 heterocycles. The summed E-state index contributed by atoms with van der Waals surface area (Å²) in [7, 11) is 0. The molecule has 4 heteroatoms. The average molecular weight is 345 g/mol. The van der Waals surface area contributed by atoms with Crippen LogP contribution in [0.1, 0.15) is 21.5 Å². The van der Waals surface area contributed by atoms with Gasteiger partial charge in [-0.3, -0.25) is 4.98 Å². The number of hydrogen-bond acceptors (Lipinski definition) is 1. The Bertz CT molecular complexity index is 557. The van der Waals surface area contributed by atoms with Gasteiger partial charge in [0.1, 0.15) is 0 Å². The lowest BCUT2D eigenvalue weighted by Gasteiger charge is -2.14. The van der Waals surface area contributed by atoms with Crippen LogP contribution in [0.5, 0.6) is 0 Å². The van der Waals surface area contributed by atoms with Gasteiger partial charge in [-0.2, -0.15) is 0 Å². The fourth-order valence-electron chi connectivity index (χ4n) is 1.86. The maximum absolute atomic E-state index is 6.12. The Morgan fingerprint density at radius 3 is 2.72 bits per heavy atom. The van der Waals surface area contributed by atoms with Gasteiger partial charge in [0.25, 0.3) is 0 Å². The minimum atomic E-state index is 0.217. The van der Waals surface area contributed by atoms with Crippen molar-refractivity contribution in [1.29, 1.82) is 0 Å². The SMILES string of the molecule is Cc1cc(Cl)ccc1C(Br)Cc1ccncc1Cl. The molecule has 1 unspecified atom stereocenters. The quantitative estimate of drug-likeness (QED) is 0.681.